The van der Waals surface area contributed by atoms with Gasteiger partial charge < -0.3 is 29.9 Å². The summed E-state index contributed by atoms with van der Waals surface area (Å²) in [6.07, 6.45) is -5.69. The predicted octanol–water partition coefficient (Wildman–Crippen LogP) is 0.634. The van der Waals surface area contributed by atoms with E-state index < -0.39 is 37.1 Å². The molecule has 0 saturated carbocycles. The molecule has 0 bridgehead atoms. The largest absolute Gasteiger partial charge is 0.477 e. The van der Waals surface area contributed by atoms with Crippen LogP contribution in [0.1, 0.15) is 29.8 Å². The molecule has 28 heavy (non-hydrogen) atoms. The highest BCUT2D eigenvalue weighted by Gasteiger charge is 2.44. The van der Waals surface area contributed by atoms with Crippen molar-refractivity contribution in [2.45, 2.75) is 43.9 Å². The summed E-state index contributed by atoms with van der Waals surface area (Å²) in [6, 6.07) is 8.58. The summed E-state index contributed by atoms with van der Waals surface area (Å²) < 4.78 is 10.9. The molecule has 0 spiro atoms. The Kier molecular flexibility index (Phi) is 6.82. The van der Waals surface area contributed by atoms with E-state index in [9.17, 15) is 20.4 Å². The summed E-state index contributed by atoms with van der Waals surface area (Å²) in [6.45, 7) is 1.88. The maximum atomic E-state index is 10.3. The zero-order valence-corrected chi connectivity index (χ0v) is 16.0. The molecule has 1 aromatic carbocycles. The Hall–Kier alpha value is -1.81. The topological polar surface area (TPSA) is 125 Å². The van der Waals surface area contributed by atoms with Crippen molar-refractivity contribution < 1.29 is 29.9 Å². The third-order valence-electron chi connectivity index (χ3n) is 4.65. The molecule has 4 N–H and O–H groups in total. The normalized spacial score (nSPS) is 27.6. The first-order chi connectivity index (χ1) is 13.4. The van der Waals surface area contributed by atoms with Crippen molar-refractivity contribution in [3.05, 3.63) is 52.2 Å². The molecular formula is C19H23ClN2O6. The standard InChI is InChI=1S/C19H23ClN2O6/c1-2-27-15-6-4-12(21-22-15)8-11-7-10(3-5-13(11)20)19-18(26)17(25)16(24)14(9-23)28-19/h3-7,14,16-19,23-26H,2,8-9H2,1H3. The lowest BCUT2D eigenvalue weighted by Gasteiger charge is -2.40. The molecule has 152 valence electrons. The van der Waals surface area contributed by atoms with Gasteiger partial charge in [-0.3, -0.25) is 0 Å². The Bertz CT molecular complexity index is 788. The van der Waals surface area contributed by atoms with E-state index in [4.69, 9.17) is 21.1 Å². The van der Waals surface area contributed by atoms with Gasteiger partial charge in [0.2, 0.25) is 5.88 Å². The van der Waals surface area contributed by atoms with Gasteiger partial charge in [-0.2, -0.15) is 5.10 Å². The summed E-state index contributed by atoms with van der Waals surface area (Å²) in [5.74, 6) is 0.437. The lowest BCUT2D eigenvalue weighted by atomic mass is 9.90. The predicted molar refractivity (Wildman–Crippen MR) is 100 cm³/mol. The van der Waals surface area contributed by atoms with Gasteiger partial charge in [0.25, 0.3) is 0 Å². The minimum atomic E-state index is -1.44. The monoisotopic (exact) mass is 410 g/mol. The van der Waals surface area contributed by atoms with Gasteiger partial charge in [-0.15, -0.1) is 5.10 Å². The van der Waals surface area contributed by atoms with E-state index in [0.717, 1.165) is 5.56 Å². The van der Waals surface area contributed by atoms with E-state index in [-0.39, 0.29) is 0 Å². The number of nitrogens with zero attached hydrogens (tertiary/aromatic N) is 2. The molecule has 8 nitrogen and oxygen atoms in total. The van der Waals surface area contributed by atoms with Crippen molar-refractivity contribution in [1.82, 2.24) is 10.2 Å². The van der Waals surface area contributed by atoms with Crippen LogP contribution in [0.4, 0.5) is 0 Å². The molecule has 1 aliphatic heterocycles. The van der Waals surface area contributed by atoms with Crippen molar-refractivity contribution in [3.8, 4) is 5.88 Å². The van der Waals surface area contributed by atoms with Gasteiger partial charge in [0.1, 0.15) is 30.5 Å². The Balaban J connectivity index is 1.82. The van der Waals surface area contributed by atoms with Gasteiger partial charge in [-0.05, 0) is 30.2 Å². The number of ether oxygens (including phenoxy) is 2. The fraction of sp³-hybridized carbons (Fsp3) is 0.474. The van der Waals surface area contributed by atoms with Crippen LogP contribution in [0.25, 0.3) is 0 Å². The molecule has 9 heteroatoms. The fourth-order valence-electron chi connectivity index (χ4n) is 3.15. The smallest absolute Gasteiger partial charge is 0.233 e. The third kappa shape index (κ3) is 4.43. The summed E-state index contributed by atoms with van der Waals surface area (Å²) >= 11 is 6.30. The van der Waals surface area contributed by atoms with Crippen LogP contribution in [0.2, 0.25) is 5.02 Å². The first-order valence-corrected chi connectivity index (χ1v) is 9.36. The lowest BCUT2D eigenvalue weighted by Crippen LogP contribution is -2.55. The fourth-order valence-corrected chi connectivity index (χ4v) is 3.33. The summed E-state index contributed by atoms with van der Waals surface area (Å²) in [7, 11) is 0. The molecule has 1 aromatic heterocycles. The number of benzene rings is 1. The third-order valence-corrected chi connectivity index (χ3v) is 5.02. The van der Waals surface area contributed by atoms with Crippen LogP contribution in [0.5, 0.6) is 5.88 Å². The van der Waals surface area contributed by atoms with Gasteiger partial charge in [0.05, 0.1) is 18.9 Å². The number of aliphatic hydroxyl groups excluding tert-OH is 4. The van der Waals surface area contributed by atoms with Gasteiger partial charge >= 0.3 is 0 Å². The SMILES string of the molecule is CCOc1ccc(Cc2cc(C3OC(CO)C(O)C(O)C3O)ccc2Cl)nn1. The molecule has 1 saturated heterocycles. The number of aromatic nitrogens is 2. The van der Waals surface area contributed by atoms with E-state index in [1.807, 2.05) is 6.92 Å². The van der Waals surface area contributed by atoms with Crippen molar-refractivity contribution in [2.75, 3.05) is 13.2 Å². The van der Waals surface area contributed by atoms with E-state index in [0.29, 0.717) is 35.2 Å². The number of aliphatic hydroxyl groups is 4. The second-order valence-electron chi connectivity index (χ2n) is 6.57. The highest BCUT2D eigenvalue weighted by Crippen LogP contribution is 2.34. The Morgan fingerprint density at radius 3 is 2.50 bits per heavy atom. The molecule has 0 radical (unpaired) electrons. The Morgan fingerprint density at radius 1 is 1.07 bits per heavy atom. The van der Waals surface area contributed by atoms with E-state index in [2.05, 4.69) is 10.2 Å². The van der Waals surface area contributed by atoms with Crippen LogP contribution in [0.3, 0.4) is 0 Å². The lowest BCUT2D eigenvalue weighted by molar-refractivity contribution is -0.231. The highest BCUT2D eigenvalue weighted by molar-refractivity contribution is 6.31. The Labute approximate surface area is 167 Å². The van der Waals surface area contributed by atoms with Crippen LogP contribution < -0.4 is 4.74 Å². The molecule has 0 aliphatic carbocycles. The minimum Gasteiger partial charge on any atom is -0.477 e. The van der Waals surface area contributed by atoms with Gasteiger partial charge in [0.15, 0.2) is 0 Å². The number of hydrogen-bond acceptors (Lipinski definition) is 8. The molecule has 2 heterocycles. The van der Waals surface area contributed by atoms with Crippen LogP contribution >= 0.6 is 11.6 Å². The first kappa shape index (κ1) is 20.9. The average molecular weight is 411 g/mol. The van der Waals surface area contributed by atoms with Crippen molar-refractivity contribution in [2.24, 2.45) is 0 Å². The van der Waals surface area contributed by atoms with Gasteiger partial charge in [0, 0.05) is 17.5 Å². The van der Waals surface area contributed by atoms with E-state index in [1.54, 1.807) is 30.3 Å². The van der Waals surface area contributed by atoms with Crippen molar-refractivity contribution >= 4 is 11.6 Å². The van der Waals surface area contributed by atoms with Crippen LogP contribution in [-0.2, 0) is 11.2 Å². The summed E-state index contributed by atoms with van der Waals surface area (Å²) in [5, 5.41) is 48.2. The second-order valence-corrected chi connectivity index (χ2v) is 6.98. The van der Waals surface area contributed by atoms with E-state index in [1.165, 1.54) is 0 Å². The summed E-state index contributed by atoms with van der Waals surface area (Å²) in [5.41, 5.74) is 1.97. The molecule has 3 rings (SSSR count). The van der Waals surface area contributed by atoms with Gasteiger partial charge in [-0.25, -0.2) is 0 Å². The van der Waals surface area contributed by atoms with Crippen LogP contribution in [-0.4, -0.2) is 68.3 Å². The molecule has 5 atom stereocenters. The number of halogens is 1. The van der Waals surface area contributed by atoms with Crippen molar-refractivity contribution in [3.63, 3.8) is 0 Å². The zero-order chi connectivity index (χ0) is 20.3. The molecule has 1 fully saturated rings. The maximum absolute atomic E-state index is 10.3. The quantitative estimate of drug-likeness (QED) is 0.546. The number of hydrogen-bond donors (Lipinski definition) is 4. The van der Waals surface area contributed by atoms with Crippen molar-refractivity contribution in [1.29, 1.82) is 0 Å². The molecule has 0 amide bonds. The molecule has 5 unspecified atom stereocenters. The Morgan fingerprint density at radius 2 is 1.86 bits per heavy atom. The number of rotatable bonds is 6. The molecule has 2 aromatic rings. The minimum absolute atomic E-state index is 0.392. The van der Waals surface area contributed by atoms with Crippen LogP contribution in [0.15, 0.2) is 30.3 Å². The molecule has 1 aliphatic rings. The highest BCUT2D eigenvalue weighted by atomic mass is 35.5. The zero-order valence-electron chi connectivity index (χ0n) is 15.3. The molecular weight excluding hydrogens is 388 g/mol. The summed E-state index contributed by atoms with van der Waals surface area (Å²) in [4.78, 5) is 0. The van der Waals surface area contributed by atoms with Crippen LogP contribution in [0, 0.1) is 0 Å². The van der Waals surface area contributed by atoms with Gasteiger partial charge in [-0.1, -0.05) is 23.7 Å². The maximum Gasteiger partial charge on any atom is 0.233 e. The average Bonchev–Trinajstić information content (AvgIpc) is 2.70. The van der Waals surface area contributed by atoms with E-state index >= 15 is 0 Å². The first-order valence-electron chi connectivity index (χ1n) is 8.98. The second kappa shape index (κ2) is 9.13.